The van der Waals surface area contributed by atoms with Gasteiger partial charge in [0.25, 0.3) is 0 Å². The molecule has 96 valence electrons. The number of aliphatic hydroxyl groups excluding tert-OH is 1. The molecule has 0 aliphatic carbocycles. The normalized spacial score (nSPS) is 16.6. The molecular weight excluding hydrogens is 226 g/mol. The number of methoxy groups -OCH3 is 1. The van der Waals surface area contributed by atoms with E-state index in [2.05, 4.69) is 0 Å². The quantitative estimate of drug-likeness (QED) is 0.863. The van der Waals surface area contributed by atoms with Crippen LogP contribution in [0.2, 0.25) is 0 Å². The zero-order chi connectivity index (χ0) is 13.1. The van der Waals surface area contributed by atoms with Gasteiger partial charge in [0.15, 0.2) is 0 Å². The van der Waals surface area contributed by atoms with E-state index in [4.69, 9.17) is 4.74 Å². The van der Waals surface area contributed by atoms with Crippen LogP contribution in [0.15, 0.2) is 18.2 Å². The third-order valence-corrected chi connectivity index (χ3v) is 3.29. The van der Waals surface area contributed by atoms with Gasteiger partial charge in [0.1, 0.15) is 11.6 Å². The summed E-state index contributed by atoms with van der Waals surface area (Å²) in [5, 5.41) is 10.0. The Hall–Kier alpha value is -1.00. The fraction of sp³-hybridized carbons (Fsp3) is 0.538. The number of hydrogen-bond donors (Lipinski definition) is 1. The van der Waals surface area contributed by atoms with Crippen molar-refractivity contribution in [1.82, 2.24) is 0 Å². The summed E-state index contributed by atoms with van der Waals surface area (Å²) in [6.45, 7) is 3.61. The van der Waals surface area contributed by atoms with Crippen molar-refractivity contribution >= 4 is 0 Å². The van der Waals surface area contributed by atoms with Gasteiger partial charge < -0.3 is 9.84 Å². The van der Waals surface area contributed by atoms with Gasteiger partial charge in [0.05, 0.1) is 11.7 Å². The van der Waals surface area contributed by atoms with Crippen LogP contribution >= 0.6 is 0 Å². The number of hydrogen-bond acceptors (Lipinski definition) is 2. The SMILES string of the molecule is CCC(C)(OC)C(O)Cc1cc(F)ccc1F. The molecule has 0 bridgehead atoms. The largest absolute Gasteiger partial charge is 0.390 e. The molecule has 2 unspecified atom stereocenters. The van der Waals surface area contributed by atoms with E-state index >= 15 is 0 Å². The van der Waals surface area contributed by atoms with Gasteiger partial charge in [-0.25, -0.2) is 8.78 Å². The molecule has 0 spiro atoms. The molecule has 1 N–H and O–H groups in total. The van der Waals surface area contributed by atoms with Crippen LogP contribution < -0.4 is 0 Å². The summed E-state index contributed by atoms with van der Waals surface area (Å²) >= 11 is 0. The first kappa shape index (κ1) is 14.1. The molecule has 0 aliphatic rings. The highest BCUT2D eigenvalue weighted by Crippen LogP contribution is 2.23. The summed E-state index contributed by atoms with van der Waals surface area (Å²) in [5.41, 5.74) is -0.590. The molecule has 1 rings (SSSR count). The van der Waals surface area contributed by atoms with E-state index in [1.807, 2.05) is 6.92 Å². The van der Waals surface area contributed by atoms with E-state index in [9.17, 15) is 13.9 Å². The fourth-order valence-corrected chi connectivity index (χ4v) is 1.64. The van der Waals surface area contributed by atoms with Crippen molar-refractivity contribution in [2.24, 2.45) is 0 Å². The molecule has 0 aliphatic heterocycles. The zero-order valence-electron chi connectivity index (χ0n) is 10.3. The third kappa shape index (κ3) is 3.23. The van der Waals surface area contributed by atoms with E-state index in [1.165, 1.54) is 7.11 Å². The van der Waals surface area contributed by atoms with Crippen molar-refractivity contribution in [3.8, 4) is 0 Å². The summed E-state index contributed by atoms with van der Waals surface area (Å²) < 4.78 is 31.6. The lowest BCUT2D eigenvalue weighted by Gasteiger charge is -2.32. The summed E-state index contributed by atoms with van der Waals surface area (Å²) in [5.74, 6) is -1.02. The fourth-order valence-electron chi connectivity index (χ4n) is 1.64. The van der Waals surface area contributed by atoms with Gasteiger partial charge in [-0.1, -0.05) is 6.92 Å². The van der Waals surface area contributed by atoms with Crippen LogP contribution in [0.5, 0.6) is 0 Å². The van der Waals surface area contributed by atoms with Crippen molar-refractivity contribution in [1.29, 1.82) is 0 Å². The number of benzene rings is 1. The summed E-state index contributed by atoms with van der Waals surface area (Å²) in [6, 6.07) is 3.22. The highest BCUT2D eigenvalue weighted by atomic mass is 19.1. The van der Waals surface area contributed by atoms with Crippen molar-refractivity contribution in [2.75, 3.05) is 7.11 Å². The molecule has 2 atom stereocenters. The Labute approximate surface area is 100 Å². The van der Waals surface area contributed by atoms with Crippen LogP contribution in [0.25, 0.3) is 0 Å². The summed E-state index contributed by atoms with van der Waals surface area (Å²) in [6.07, 6.45) is -0.266. The van der Waals surface area contributed by atoms with E-state index in [0.29, 0.717) is 6.42 Å². The molecule has 0 radical (unpaired) electrons. The Bertz CT molecular complexity index is 376. The first-order chi connectivity index (χ1) is 7.92. The van der Waals surface area contributed by atoms with Crippen molar-refractivity contribution < 1.29 is 18.6 Å². The molecule has 4 heteroatoms. The van der Waals surface area contributed by atoms with Crippen molar-refractivity contribution in [3.05, 3.63) is 35.4 Å². The molecule has 1 aromatic rings. The number of rotatable bonds is 5. The molecule has 0 heterocycles. The maximum absolute atomic E-state index is 13.4. The first-order valence-corrected chi connectivity index (χ1v) is 5.60. The second-order valence-electron chi connectivity index (χ2n) is 4.33. The number of ether oxygens (including phenoxy) is 1. The van der Waals surface area contributed by atoms with Gasteiger partial charge in [-0.2, -0.15) is 0 Å². The lowest BCUT2D eigenvalue weighted by Crippen LogP contribution is -2.42. The lowest BCUT2D eigenvalue weighted by atomic mass is 9.90. The summed E-state index contributed by atoms with van der Waals surface area (Å²) in [4.78, 5) is 0. The van der Waals surface area contributed by atoms with Crippen LogP contribution in [0, 0.1) is 11.6 Å². The van der Waals surface area contributed by atoms with Crippen molar-refractivity contribution in [3.63, 3.8) is 0 Å². The minimum absolute atomic E-state index is 0.0295. The Morgan fingerprint density at radius 3 is 2.59 bits per heavy atom. The van der Waals surface area contributed by atoms with Crippen LogP contribution in [-0.4, -0.2) is 23.9 Å². The number of aliphatic hydroxyl groups is 1. The highest BCUT2D eigenvalue weighted by molar-refractivity contribution is 5.20. The van der Waals surface area contributed by atoms with E-state index < -0.39 is 23.3 Å². The monoisotopic (exact) mass is 244 g/mol. The molecule has 0 aromatic heterocycles. The molecular formula is C13H18F2O2. The van der Waals surface area contributed by atoms with Gasteiger partial charge in [0, 0.05) is 13.5 Å². The molecule has 0 amide bonds. The maximum atomic E-state index is 13.4. The average Bonchev–Trinajstić information content (AvgIpc) is 2.32. The topological polar surface area (TPSA) is 29.5 Å². The van der Waals surface area contributed by atoms with Crippen LogP contribution in [0.4, 0.5) is 8.78 Å². The van der Waals surface area contributed by atoms with Crippen LogP contribution in [0.1, 0.15) is 25.8 Å². The van der Waals surface area contributed by atoms with E-state index in [1.54, 1.807) is 6.92 Å². The smallest absolute Gasteiger partial charge is 0.126 e. The van der Waals surface area contributed by atoms with E-state index in [0.717, 1.165) is 18.2 Å². The molecule has 17 heavy (non-hydrogen) atoms. The summed E-state index contributed by atoms with van der Waals surface area (Å²) in [7, 11) is 1.49. The van der Waals surface area contributed by atoms with Gasteiger partial charge in [-0.15, -0.1) is 0 Å². The predicted octanol–water partition coefficient (Wildman–Crippen LogP) is 2.68. The Morgan fingerprint density at radius 2 is 2.06 bits per heavy atom. The second kappa shape index (κ2) is 5.56. The van der Waals surface area contributed by atoms with Gasteiger partial charge >= 0.3 is 0 Å². The molecule has 0 saturated carbocycles. The highest BCUT2D eigenvalue weighted by Gasteiger charge is 2.31. The Kier molecular flexibility index (Phi) is 4.60. The average molecular weight is 244 g/mol. The minimum Gasteiger partial charge on any atom is -0.390 e. The number of halogens is 2. The maximum Gasteiger partial charge on any atom is 0.126 e. The van der Waals surface area contributed by atoms with Crippen LogP contribution in [-0.2, 0) is 11.2 Å². The van der Waals surface area contributed by atoms with Gasteiger partial charge in [0.2, 0.25) is 0 Å². The second-order valence-corrected chi connectivity index (χ2v) is 4.33. The Morgan fingerprint density at radius 1 is 1.41 bits per heavy atom. The minimum atomic E-state index is -0.881. The van der Waals surface area contributed by atoms with Crippen LogP contribution in [0.3, 0.4) is 0 Å². The molecule has 0 fully saturated rings. The van der Waals surface area contributed by atoms with Gasteiger partial charge in [-0.3, -0.25) is 0 Å². The predicted molar refractivity (Wildman–Crippen MR) is 61.8 cm³/mol. The zero-order valence-corrected chi connectivity index (χ0v) is 10.3. The Balaban J connectivity index is 2.87. The molecule has 2 nitrogen and oxygen atoms in total. The van der Waals surface area contributed by atoms with Crippen molar-refractivity contribution in [2.45, 2.75) is 38.4 Å². The molecule has 0 saturated heterocycles. The van der Waals surface area contributed by atoms with Gasteiger partial charge in [-0.05, 0) is 37.1 Å². The third-order valence-electron chi connectivity index (χ3n) is 3.29. The molecule has 1 aromatic carbocycles. The first-order valence-electron chi connectivity index (χ1n) is 5.60. The standard InChI is InChI=1S/C13H18F2O2/c1-4-13(2,17-3)12(16)8-9-7-10(14)5-6-11(9)15/h5-7,12,16H,4,8H2,1-3H3. The lowest BCUT2D eigenvalue weighted by molar-refractivity contribution is -0.0916. The van der Waals surface area contributed by atoms with E-state index in [-0.39, 0.29) is 12.0 Å².